The molecule has 0 aromatic carbocycles. The molecular formula is C20H32F3N3O. The fourth-order valence-electron chi connectivity index (χ4n) is 4.04. The second-order valence-electron chi connectivity index (χ2n) is 7.95. The monoisotopic (exact) mass is 387 g/mol. The number of rotatable bonds is 8. The molecular weight excluding hydrogens is 355 g/mol. The molecule has 0 amide bonds. The van der Waals surface area contributed by atoms with Crippen molar-refractivity contribution in [2.75, 3.05) is 6.61 Å². The summed E-state index contributed by atoms with van der Waals surface area (Å²) in [6.07, 6.45) is 3.21. The van der Waals surface area contributed by atoms with Gasteiger partial charge in [-0.25, -0.2) is 0 Å². The minimum Gasteiger partial charge on any atom is -0.378 e. The van der Waals surface area contributed by atoms with Gasteiger partial charge in [-0.2, -0.15) is 28.7 Å². The Morgan fingerprint density at radius 3 is 2.26 bits per heavy atom. The first-order valence-electron chi connectivity index (χ1n) is 10.4. The van der Waals surface area contributed by atoms with Crippen LogP contribution in [0.15, 0.2) is 10.2 Å². The van der Waals surface area contributed by atoms with Crippen molar-refractivity contribution in [1.82, 2.24) is 0 Å². The third-order valence-corrected chi connectivity index (χ3v) is 5.78. The van der Waals surface area contributed by atoms with Crippen LogP contribution in [0.2, 0.25) is 0 Å². The number of azo groups is 1. The molecule has 3 unspecified atom stereocenters. The predicted octanol–water partition coefficient (Wildman–Crippen LogP) is 6.22. The lowest BCUT2D eigenvalue weighted by Gasteiger charge is -2.35. The van der Waals surface area contributed by atoms with Crippen LogP contribution < -0.4 is 0 Å². The Labute approximate surface area is 160 Å². The Kier molecular flexibility index (Phi) is 9.01. The molecule has 2 aliphatic carbocycles. The Morgan fingerprint density at radius 1 is 0.963 bits per heavy atom. The van der Waals surface area contributed by atoms with Gasteiger partial charge in [0.05, 0.1) is 30.2 Å². The summed E-state index contributed by atoms with van der Waals surface area (Å²) in [6.45, 7) is 2.51. The molecule has 4 nitrogen and oxygen atoms in total. The number of nitriles is 1. The Bertz CT molecular complexity index is 496. The molecule has 27 heavy (non-hydrogen) atoms. The fraction of sp³-hybridized carbons (Fsp3) is 0.950. The molecule has 0 radical (unpaired) electrons. The Balaban J connectivity index is 1.82. The van der Waals surface area contributed by atoms with Gasteiger partial charge in [-0.3, -0.25) is 0 Å². The third kappa shape index (κ3) is 7.40. The lowest BCUT2D eigenvalue weighted by molar-refractivity contribution is -0.217. The SMILES string of the molecule is CCCCCCOC1CCC(N=NC2CCC(C#N)CC2)CC1C(F)(F)F. The summed E-state index contributed by atoms with van der Waals surface area (Å²) in [5, 5.41) is 17.5. The number of ether oxygens (including phenoxy) is 1. The molecule has 2 fully saturated rings. The maximum atomic E-state index is 13.5. The molecule has 154 valence electrons. The standard InChI is InChI=1S/C20H32F3N3O/c1-2-3-4-5-12-27-19-11-10-17(13-18(19)20(21,22)23)26-25-16-8-6-15(14-24)7-9-16/h15-19H,2-13H2,1H3. The molecule has 2 aliphatic rings. The van der Waals surface area contributed by atoms with Crippen molar-refractivity contribution in [1.29, 1.82) is 5.26 Å². The zero-order valence-corrected chi connectivity index (χ0v) is 16.3. The highest BCUT2D eigenvalue weighted by Gasteiger charge is 2.48. The van der Waals surface area contributed by atoms with Crippen LogP contribution >= 0.6 is 0 Å². The van der Waals surface area contributed by atoms with Crippen LogP contribution in [0.5, 0.6) is 0 Å². The molecule has 7 heteroatoms. The Hall–Kier alpha value is -1.16. The first-order chi connectivity index (χ1) is 12.9. The quantitative estimate of drug-likeness (QED) is 0.367. The van der Waals surface area contributed by atoms with Gasteiger partial charge in [0.25, 0.3) is 0 Å². The van der Waals surface area contributed by atoms with Crippen molar-refractivity contribution in [3.63, 3.8) is 0 Å². The lowest BCUT2D eigenvalue weighted by atomic mass is 9.83. The van der Waals surface area contributed by atoms with Crippen molar-refractivity contribution in [2.45, 2.75) is 102 Å². The van der Waals surface area contributed by atoms with Gasteiger partial charge in [-0.05, 0) is 51.4 Å². The minimum atomic E-state index is -4.26. The second-order valence-corrected chi connectivity index (χ2v) is 7.95. The van der Waals surface area contributed by atoms with E-state index < -0.39 is 18.2 Å². The van der Waals surface area contributed by atoms with E-state index in [1.165, 1.54) is 0 Å². The van der Waals surface area contributed by atoms with E-state index in [2.05, 4.69) is 23.2 Å². The van der Waals surface area contributed by atoms with Crippen LogP contribution in [0.1, 0.15) is 77.6 Å². The van der Waals surface area contributed by atoms with Gasteiger partial charge < -0.3 is 4.74 Å². The van der Waals surface area contributed by atoms with Crippen LogP contribution in [0, 0.1) is 23.2 Å². The number of nitrogens with zero attached hydrogens (tertiary/aromatic N) is 3. The van der Waals surface area contributed by atoms with Crippen LogP contribution in [0.25, 0.3) is 0 Å². The van der Waals surface area contributed by atoms with Crippen molar-refractivity contribution in [2.24, 2.45) is 22.1 Å². The summed E-state index contributed by atoms with van der Waals surface area (Å²) in [5.74, 6) is -1.35. The van der Waals surface area contributed by atoms with Crippen molar-refractivity contribution in [3.05, 3.63) is 0 Å². The summed E-state index contributed by atoms with van der Waals surface area (Å²) < 4.78 is 46.1. The third-order valence-electron chi connectivity index (χ3n) is 5.78. The van der Waals surface area contributed by atoms with Crippen LogP contribution in [0.3, 0.4) is 0 Å². The summed E-state index contributed by atoms with van der Waals surface area (Å²) in [5.41, 5.74) is 0. The van der Waals surface area contributed by atoms with E-state index in [0.29, 0.717) is 19.4 Å². The normalized spacial score (nSPS) is 32.5. The van der Waals surface area contributed by atoms with E-state index in [4.69, 9.17) is 10.00 Å². The topological polar surface area (TPSA) is 57.7 Å². The van der Waals surface area contributed by atoms with Crippen molar-refractivity contribution >= 4 is 0 Å². The van der Waals surface area contributed by atoms with Gasteiger partial charge in [-0.1, -0.05) is 26.2 Å². The average Bonchev–Trinajstić information content (AvgIpc) is 2.66. The zero-order chi connectivity index (χ0) is 19.7. The first-order valence-corrected chi connectivity index (χ1v) is 10.4. The molecule has 0 spiro atoms. The van der Waals surface area contributed by atoms with Gasteiger partial charge in [0.15, 0.2) is 0 Å². The highest BCUT2D eigenvalue weighted by atomic mass is 19.4. The summed E-state index contributed by atoms with van der Waals surface area (Å²) in [6, 6.07) is 1.97. The zero-order valence-electron chi connectivity index (χ0n) is 16.3. The van der Waals surface area contributed by atoms with Gasteiger partial charge >= 0.3 is 6.18 Å². The van der Waals surface area contributed by atoms with Crippen molar-refractivity contribution in [3.8, 4) is 6.07 Å². The second kappa shape index (κ2) is 11.0. The van der Waals surface area contributed by atoms with Crippen molar-refractivity contribution < 1.29 is 17.9 Å². The molecule has 2 saturated carbocycles. The minimum absolute atomic E-state index is 0.0276. The Morgan fingerprint density at radius 2 is 1.63 bits per heavy atom. The van der Waals surface area contributed by atoms with E-state index in [1.54, 1.807) is 0 Å². The molecule has 0 heterocycles. The number of alkyl halides is 3. The van der Waals surface area contributed by atoms with E-state index >= 15 is 0 Å². The van der Waals surface area contributed by atoms with Crippen LogP contribution in [-0.4, -0.2) is 31.0 Å². The van der Waals surface area contributed by atoms with E-state index in [1.807, 2.05) is 0 Å². The van der Waals surface area contributed by atoms with Crippen LogP contribution in [-0.2, 0) is 4.74 Å². The number of halogens is 3. The molecule has 0 aromatic heterocycles. The summed E-state index contributed by atoms with van der Waals surface area (Å²) >= 11 is 0. The maximum Gasteiger partial charge on any atom is 0.394 e. The fourth-order valence-corrected chi connectivity index (χ4v) is 4.04. The molecule has 2 rings (SSSR count). The molecule has 0 bridgehead atoms. The van der Waals surface area contributed by atoms with Gasteiger partial charge in [-0.15, -0.1) is 0 Å². The largest absolute Gasteiger partial charge is 0.394 e. The van der Waals surface area contributed by atoms with E-state index in [-0.39, 0.29) is 24.4 Å². The summed E-state index contributed by atoms with van der Waals surface area (Å²) in [7, 11) is 0. The smallest absolute Gasteiger partial charge is 0.378 e. The maximum absolute atomic E-state index is 13.5. The predicted molar refractivity (Wildman–Crippen MR) is 97.3 cm³/mol. The van der Waals surface area contributed by atoms with Crippen LogP contribution in [0.4, 0.5) is 13.2 Å². The van der Waals surface area contributed by atoms with E-state index in [0.717, 1.165) is 51.4 Å². The average molecular weight is 387 g/mol. The highest BCUT2D eigenvalue weighted by Crippen LogP contribution is 2.40. The molecule has 3 atom stereocenters. The number of unbranched alkanes of at least 4 members (excludes halogenated alkanes) is 3. The number of hydrogen-bond acceptors (Lipinski definition) is 4. The first kappa shape index (κ1) is 22.1. The lowest BCUT2D eigenvalue weighted by Crippen LogP contribution is -2.42. The molecule has 0 aromatic rings. The molecule has 0 N–H and O–H groups in total. The summed E-state index contributed by atoms with van der Waals surface area (Å²) in [4.78, 5) is 0. The molecule has 0 aliphatic heterocycles. The van der Waals surface area contributed by atoms with Gasteiger partial charge in [0, 0.05) is 12.5 Å². The van der Waals surface area contributed by atoms with E-state index in [9.17, 15) is 13.2 Å². The van der Waals surface area contributed by atoms with Gasteiger partial charge in [0.2, 0.25) is 0 Å². The van der Waals surface area contributed by atoms with Gasteiger partial charge in [0.1, 0.15) is 0 Å². The molecule has 0 saturated heterocycles. The number of hydrogen-bond donors (Lipinski definition) is 0. The highest BCUT2D eigenvalue weighted by molar-refractivity contribution is 4.90.